The number of phenols is 1. The van der Waals surface area contributed by atoms with Gasteiger partial charge in [0.2, 0.25) is 11.8 Å². The van der Waals surface area contributed by atoms with Crippen molar-refractivity contribution in [3.8, 4) is 5.75 Å². The van der Waals surface area contributed by atoms with Gasteiger partial charge in [-0.25, -0.2) is 4.79 Å². The smallest absolute Gasteiger partial charge is 0.335 e. The molecule has 1 aliphatic heterocycles. The average molecular weight is 396 g/mol. The number of nitrogens with zero attached hydrogens (tertiary/aromatic N) is 1. The van der Waals surface area contributed by atoms with E-state index in [-0.39, 0.29) is 35.9 Å². The number of rotatable bonds is 6. The summed E-state index contributed by atoms with van der Waals surface area (Å²) in [6.07, 6.45) is 1.62. The van der Waals surface area contributed by atoms with Gasteiger partial charge in [-0.3, -0.25) is 9.59 Å². The molecule has 1 unspecified atom stereocenters. The third-order valence-electron chi connectivity index (χ3n) is 5.23. The lowest BCUT2D eigenvalue weighted by molar-refractivity contribution is -0.122. The number of carboxylic acids is 1. The summed E-state index contributed by atoms with van der Waals surface area (Å²) in [6, 6.07) is 9.63. The fourth-order valence-corrected chi connectivity index (χ4v) is 3.67. The molecule has 1 heterocycles. The number of carbonyl (C=O) groups is 3. The lowest BCUT2D eigenvalue weighted by atomic mass is 10.0. The zero-order valence-electron chi connectivity index (χ0n) is 16.4. The van der Waals surface area contributed by atoms with Gasteiger partial charge in [0.25, 0.3) is 0 Å². The molecule has 1 atom stereocenters. The van der Waals surface area contributed by atoms with Crippen molar-refractivity contribution in [1.82, 2.24) is 0 Å². The highest BCUT2D eigenvalue weighted by Crippen LogP contribution is 2.33. The molecule has 0 aromatic heterocycles. The van der Waals surface area contributed by atoms with Gasteiger partial charge in [-0.1, -0.05) is 32.0 Å². The summed E-state index contributed by atoms with van der Waals surface area (Å²) in [5, 5.41) is 21.6. The molecule has 7 heteroatoms. The summed E-state index contributed by atoms with van der Waals surface area (Å²) in [6.45, 7) is 4.30. The number of carboxylic acid groups (broad SMARTS) is 1. The number of hydrogen-bond donors (Lipinski definition) is 3. The van der Waals surface area contributed by atoms with E-state index < -0.39 is 17.8 Å². The van der Waals surface area contributed by atoms with Gasteiger partial charge in [0, 0.05) is 18.7 Å². The SMILES string of the molecule is CCc1cccc(CC)c1N1CC(C(=O)Nc2cc(C(=O)O)ccc2O)CC1=O. The second-order valence-electron chi connectivity index (χ2n) is 7.06. The number of aryl methyl sites for hydroxylation is 2. The van der Waals surface area contributed by atoms with Crippen LogP contribution in [0.25, 0.3) is 0 Å². The predicted molar refractivity (Wildman–Crippen MR) is 109 cm³/mol. The van der Waals surface area contributed by atoms with Crippen LogP contribution < -0.4 is 10.2 Å². The van der Waals surface area contributed by atoms with Crippen LogP contribution in [0.3, 0.4) is 0 Å². The van der Waals surface area contributed by atoms with E-state index in [0.29, 0.717) is 0 Å². The highest BCUT2D eigenvalue weighted by Gasteiger charge is 2.36. The summed E-state index contributed by atoms with van der Waals surface area (Å²) >= 11 is 0. The molecule has 0 spiro atoms. The number of amides is 2. The van der Waals surface area contributed by atoms with E-state index in [9.17, 15) is 19.5 Å². The van der Waals surface area contributed by atoms with E-state index in [1.807, 2.05) is 32.0 Å². The zero-order valence-corrected chi connectivity index (χ0v) is 16.4. The van der Waals surface area contributed by atoms with E-state index in [1.165, 1.54) is 18.2 Å². The van der Waals surface area contributed by atoms with Crippen LogP contribution in [0.4, 0.5) is 11.4 Å². The Labute approximate surface area is 169 Å². The fraction of sp³-hybridized carbons (Fsp3) is 0.318. The van der Waals surface area contributed by atoms with Gasteiger partial charge in [0.1, 0.15) is 5.75 Å². The molecule has 1 aliphatic rings. The Balaban J connectivity index is 1.82. The number of para-hydroxylation sites is 1. The van der Waals surface area contributed by atoms with Crippen molar-refractivity contribution in [3.63, 3.8) is 0 Å². The number of carbonyl (C=O) groups excluding carboxylic acids is 2. The molecule has 29 heavy (non-hydrogen) atoms. The molecule has 2 aromatic carbocycles. The zero-order chi connectivity index (χ0) is 21.1. The monoisotopic (exact) mass is 396 g/mol. The molecule has 3 N–H and O–H groups in total. The molecule has 0 aliphatic carbocycles. The van der Waals surface area contributed by atoms with Crippen molar-refractivity contribution in [2.24, 2.45) is 5.92 Å². The standard InChI is InChI=1S/C22H24N2O5/c1-3-13-6-5-7-14(4-2)20(13)24-12-16(11-19(24)26)21(27)23-17-10-15(22(28)29)8-9-18(17)25/h5-10,16,25H,3-4,11-12H2,1-2H3,(H,23,27)(H,28,29). The molecular formula is C22H24N2O5. The number of anilines is 2. The van der Waals surface area contributed by atoms with Crippen molar-refractivity contribution in [2.75, 3.05) is 16.8 Å². The summed E-state index contributed by atoms with van der Waals surface area (Å²) in [5.41, 5.74) is 2.97. The Hall–Kier alpha value is -3.35. The highest BCUT2D eigenvalue weighted by molar-refractivity contribution is 6.05. The van der Waals surface area contributed by atoms with E-state index in [4.69, 9.17) is 5.11 Å². The number of benzene rings is 2. The molecule has 152 valence electrons. The van der Waals surface area contributed by atoms with Gasteiger partial charge in [-0.05, 0) is 42.2 Å². The van der Waals surface area contributed by atoms with Crippen LogP contribution in [-0.2, 0) is 22.4 Å². The van der Waals surface area contributed by atoms with Crippen LogP contribution in [0.5, 0.6) is 5.75 Å². The first-order valence-corrected chi connectivity index (χ1v) is 9.64. The summed E-state index contributed by atoms with van der Waals surface area (Å²) in [4.78, 5) is 38.2. The van der Waals surface area contributed by atoms with Crippen LogP contribution in [0.1, 0.15) is 41.8 Å². The summed E-state index contributed by atoms with van der Waals surface area (Å²) < 4.78 is 0. The molecule has 0 saturated carbocycles. The van der Waals surface area contributed by atoms with E-state index >= 15 is 0 Å². The van der Waals surface area contributed by atoms with Gasteiger partial charge in [-0.15, -0.1) is 0 Å². The molecule has 0 radical (unpaired) electrons. The van der Waals surface area contributed by atoms with E-state index in [1.54, 1.807) is 4.90 Å². The predicted octanol–water partition coefficient (Wildman–Crippen LogP) is 3.21. The van der Waals surface area contributed by atoms with Crippen molar-refractivity contribution >= 4 is 29.2 Å². The minimum absolute atomic E-state index is 0.0176. The van der Waals surface area contributed by atoms with Crippen molar-refractivity contribution < 1.29 is 24.6 Å². The quantitative estimate of drug-likeness (QED) is 0.650. The van der Waals surface area contributed by atoms with Crippen LogP contribution >= 0.6 is 0 Å². The molecule has 1 fully saturated rings. The lowest BCUT2D eigenvalue weighted by Crippen LogP contribution is -2.29. The number of nitrogens with one attached hydrogen (secondary N) is 1. The van der Waals surface area contributed by atoms with Gasteiger partial charge >= 0.3 is 5.97 Å². The van der Waals surface area contributed by atoms with Gasteiger partial charge < -0.3 is 20.4 Å². The first-order chi connectivity index (χ1) is 13.8. The second-order valence-corrected chi connectivity index (χ2v) is 7.06. The third-order valence-corrected chi connectivity index (χ3v) is 5.23. The maximum Gasteiger partial charge on any atom is 0.335 e. The number of hydrogen-bond acceptors (Lipinski definition) is 4. The van der Waals surface area contributed by atoms with Crippen LogP contribution in [0, 0.1) is 5.92 Å². The topological polar surface area (TPSA) is 107 Å². The van der Waals surface area contributed by atoms with E-state index in [2.05, 4.69) is 5.32 Å². The average Bonchev–Trinajstić information content (AvgIpc) is 3.10. The number of aromatic carboxylic acids is 1. The lowest BCUT2D eigenvalue weighted by Gasteiger charge is -2.23. The van der Waals surface area contributed by atoms with Crippen LogP contribution in [0.2, 0.25) is 0 Å². The summed E-state index contributed by atoms with van der Waals surface area (Å²) in [7, 11) is 0. The molecule has 7 nitrogen and oxygen atoms in total. The third kappa shape index (κ3) is 4.08. The highest BCUT2D eigenvalue weighted by atomic mass is 16.4. The van der Waals surface area contributed by atoms with Gasteiger partial charge in [0.05, 0.1) is 17.2 Å². The van der Waals surface area contributed by atoms with Crippen molar-refractivity contribution in [2.45, 2.75) is 33.1 Å². The molecule has 3 rings (SSSR count). The molecular weight excluding hydrogens is 372 g/mol. The van der Waals surface area contributed by atoms with Gasteiger partial charge in [-0.2, -0.15) is 0 Å². The molecule has 1 saturated heterocycles. The van der Waals surface area contributed by atoms with Crippen LogP contribution in [-0.4, -0.2) is 34.5 Å². The maximum absolute atomic E-state index is 12.7. The Morgan fingerprint density at radius 3 is 2.38 bits per heavy atom. The Bertz CT molecular complexity index is 947. The molecule has 2 amide bonds. The fourth-order valence-electron chi connectivity index (χ4n) is 3.67. The maximum atomic E-state index is 12.7. The first kappa shape index (κ1) is 20.4. The minimum Gasteiger partial charge on any atom is -0.506 e. The van der Waals surface area contributed by atoms with Gasteiger partial charge in [0.15, 0.2) is 0 Å². The molecule has 0 bridgehead atoms. The summed E-state index contributed by atoms with van der Waals surface area (Å²) in [5.74, 6) is -2.53. The van der Waals surface area contributed by atoms with E-state index in [0.717, 1.165) is 29.7 Å². The largest absolute Gasteiger partial charge is 0.506 e. The first-order valence-electron chi connectivity index (χ1n) is 9.64. The second kappa shape index (κ2) is 8.34. The van der Waals surface area contributed by atoms with Crippen molar-refractivity contribution in [1.29, 1.82) is 0 Å². The van der Waals surface area contributed by atoms with Crippen molar-refractivity contribution in [3.05, 3.63) is 53.1 Å². The Kier molecular flexibility index (Phi) is 5.87. The molecule has 2 aromatic rings. The normalized spacial score (nSPS) is 16.1. The number of aromatic hydroxyl groups is 1. The Morgan fingerprint density at radius 2 is 1.79 bits per heavy atom. The Morgan fingerprint density at radius 1 is 1.14 bits per heavy atom. The minimum atomic E-state index is -1.16. The number of phenolic OH excluding ortho intramolecular Hbond substituents is 1. The van der Waals surface area contributed by atoms with Crippen LogP contribution in [0.15, 0.2) is 36.4 Å².